The summed E-state index contributed by atoms with van der Waals surface area (Å²) in [6, 6.07) is 19.4. The van der Waals surface area contributed by atoms with E-state index in [1.807, 2.05) is 36.4 Å². The van der Waals surface area contributed by atoms with Crippen molar-refractivity contribution in [2.75, 3.05) is 23.4 Å². The summed E-state index contributed by atoms with van der Waals surface area (Å²) in [5.74, 6) is -0.885. The number of ether oxygens (including phenoxy) is 1. The third-order valence-electron chi connectivity index (χ3n) is 8.19. The Hall–Kier alpha value is -5.16. The van der Waals surface area contributed by atoms with Crippen LogP contribution in [-0.4, -0.2) is 45.8 Å². The number of halogens is 1. The molecular formula is C35H30FN5O4S. The number of nitrogens with one attached hydrogen (secondary N) is 1. The number of pyridine rings is 1. The molecular weight excluding hydrogens is 605 g/mol. The number of rotatable bonds is 6. The van der Waals surface area contributed by atoms with Crippen LogP contribution in [0.3, 0.4) is 0 Å². The van der Waals surface area contributed by atoms with Gasteiger partial charge in [0, 0.05) is 34.7 Å². The second-order valence-corrected chi connectivity index (χ2v) is 12.4. The number of carbonyl (C=O) groups excluding carboxylic acids is 3. The van der Waals surface area contributed by atoms with Crippen LogP contribution < -0.4 is 10.2 Å². The number of aryl methyl sites for hydroxylation is 1. The highest BCUT2D eigenvalue weighted by atomic mass is 32.1. The predicted octanol–water partition coefficient (Wildman–Crippen LogP) is 7.46. The molecule has 1 aliphatic carbocycles. The summed E-state index contributed by atoms with van der Waals surface area (Å²) >= 11 is 1.32. The van der Waals surface area contributed by atoms with Crippen LogP contribution in [0.25, 0.3) is 21.7 Å². The minimum Gasteiger partial charge on any atom is -0.448 e. The maximum Gasteiger partial charge on any atom is 0.434 e. The number of nitrogens with zero attached hydrogens (tertiary/aromatic N) is 4. The molecule has 4 heterocycles. The molecule has 0 bridgehead atoms. The van der Waals surface area contributed by atoms with E-state index in [4.69, 9.17) is 9.72 Å². The lowest BCUT2D eigenvalue weighted by molar-refractivity contribution is 0.0981. The Bertz CT molecular complexity index is 1990. The molecule has 3 aromatic heterocycles. The molecule has 0 saturated heterocycles. The molecule has 11 heteroatoms. The average Bonchev–Trinajstić information content (AvgIpc) is 3.70. The van der Waals surface area contributed by atoms with Crippen molar-refractivity contribution >= 4 is 40.6 Å². The van der Waals surface area contributed by atoms with Crippen LogP contribution in [-0.2, 0) is 11.2 Å². The Morgan fingerprint density at radius 3 is 2.63 bits per heavy atom. The number of hydrogen-bond donors (Lipinski definition) is 1. The fourth-order valence-corrected chi connectivity index (χ4v) is 6.89. The molecule has 2 aromatic carbocycles. The van der Waals surface area contributed by atoms with E-state index in [0.717, 1.165) is 34.5 Å². The highest BCUT2D eigenvalue weighted by molar-refractivity contribution is 7.17. The molecule has 1 fully saturated rings. The van der Waals surface area contributed by atoms with Crippen LogP contribution in [0.5, 0.6) is 0 Å². The van der Waals surface area contributed by atoms with Crippen molar-refractivity contribution in [3.05, 3.63) is 106 Å². The number of aromatic nitrogens is 3. The van der Waals surface area contributed by atoms with Gasteiger partial charge in [-0.2, -0.15) is 9.78 Å². The van der Waals surface area contributed by atoms with Crippen LogP contribution in [0.2, 0.25) is 0 Å². The molecule has 0 atom stereocenters. The highest BCUT2D eigenvalue weighted by Gasteiger charge is 2.32. The number of carbonyl (C=O) groups is 3. The van der Waals surface area contributed by atoms with Gasteiger partial charge in [-0.25, -0.2) is 14.2 Å². The minimum absolute atomic E-state index is 0.167. The van der Waals surface area contributed by atoms with Gasteiger partial charge in [-0.15, -0.1) is 11.3 Å². The van der Waals surface area contributed by atoms with Crippen LogP contribution >= 0.6 is 11.3 Å². The van der Waals surface area contributed by atoms with Crippen LogP contribution in [0.1, 0.15) is 62.7 Å². The maximum absolute atomic E-state index is 14.4. The Morgan fingerprint density at radius 2 is 1.85 bits per heavy atom. The second-order valence-electron chi connectivity index (χ2n) is 11.3. The number of amides is 2. The highest BCUT2D eigenvalue weighted by Crippen LogP contribution is 2.44. The van der Waals surface area contributed by atoms with Crippen molar-refractivity contribution in [3.63, 3.8) is 0 Å². The van der Waals surface area contributed by atoms with Gasteiger partial charge in [0.15, 0.2) is 0 Å². The maximum atomic E-state index is 14.4. The lowest BCUT2D eigenvalue weighted by atomic mass is 10.1. The Balaban J connectivity index is 1.19. The Labute approximate surface area is 268 Å². The fourth-order valence-electron chi connectivity index (χ4n) is 5.75. The molecule has 232 valence electrons. The van der Waals surface area contributed by atoms with Crippen molar-refractivity contribution in [1.82, 2.24) is 14.8 Å². The molecule has 0 radical (unpaired) electrons. The van der Waals surface area contributed by atoms with E-state index in [0.29, 0.717) is 40.4 Å². The SMILES string of the molecule is CCOC(=O)n1cc(-c2cccc(C(=O)N3CCc4cc(C(=O)Nc5c(C)cccc5F)sc4-c4ccccc43)n2)c(C2CC2)n1. The van der Waals surface area contributed by atoms with Crippen molar-refractivity contribution < 1.29 is 23.5 Å². The van der Waals surface area contributed by atoms with Gasteiger partial charge in [-0.05, 0) is 74.6 Å². The fraction of sp³-hybridized carbons (Fsp3) is 0.229. The van der Waals surface area contributed by atoms with E-state index in [9.17, 15) is 18.8 Å². The van der Waals surface area contributed by atoms with Crippen molar-refractivity contribution in [2.45, 2.75) is 39.0 Å². The smallest absolute Gasteiger partial charge is 0.434 e. The van der Waals surface area contributed by atoms with Gasteiger partial charge in [0.1, 0.15) is 11.5 Å². The predicted molar refractivity (Wildman–Crippen MR) is 174 cm³/mol. The van der Waals surface area contributed by atoms with Gasteiger partial charge in [-0.3, -0.25) is 9.59 Å². The van der Waals surface area contributed by atoms with Crippen LogP contribution in [0, 0.1) is 12.7 Å². The number of fused-ring (bicyclic) bond motifs is 3. The topological polar surface area (TPSA) is 106 Å². The van der Waals surface area contributed by atoms with E-state index in [-0.39, 0.29) is 35.7 Å². The largest absolute Gasteiger partial charge is 0.448 e. The number of benzene rings is 2. The molecule has 0 spiro atoms. The zero-order chi connectivity index (χ0) is 31.9. The number of anilines is 2. The molecule has 0 unspecified atom stereocenters. The summed E-state index contributed by atoms with van der Waals surface area (Å²) in [7, 11) is 0. The first-order valence-corrected chi connectivity index (χ1v) is 16.0. The zero-order valence-electron chi connectivity index (χ0n) is 25.2. The van der Waals surface area contributed by atoms with E-state index in [1.54, 1.807) is 49.2 Å². The summed E-state index contributed by atoms with van der Waals surface area (Å²) in [5.41, 5.74) is 5.60. The van der Waals surface area contributed by atoms with Crippen LogP contribution in [0.15, 0.2) is 72.9 Å². The summed E-state index contributed by atoms with van der Waals surface area (Å²) in [6.45, 7) is 4.09. The van der Waals surface area contributed by atoms with Gasteiger partial charge in [0.2, 0.25) is 0 Å². The van der Waals surface area contributed by atoms with E-state index < -0.39 is 11.9 Å². The number of hydrogen-bond acceptors (Lipinski definition) is 7. The Kier molecular flexibility index (Phi) is 7.69. The van der Waals surface area contributed by atoms with Crippen molar-refractivity contribution in [2.24, 2.45) is 0 Å². The molecule has 2 amide bonds. The first kappa shape index (κ1) is 29.5. The third kappa shape index (κ3) is 5.47. The normalized spacial score (nSPS) is 13.8. The number of para-hydroxylation sites is 2. The third-order valence-corrected chi connectivity index (χ3v) is 9.40. The molecule has 1 N–H and O–H groups in total. The summed E-state index contributed by atoms with van der Waals surface area (Å²) < 4.78 is 20.8. The molecule has 1 aliphatic heterocycles. The van der Waals surface area contributed by atoms with Crippen LogP contribution in [0.4, 0.5) is 20.6 Å². The molecule has 46 heavy (non-hydrogen) atoms. The minimum atomic E-state index is -0.556. The van der Waals surface area contributed by atoms with Gasteiger partial charge < -0.3 is 15.0 Å². The standard InChI is InChI=1S/C35H30FN5O4S/c1-3-45-35(44)41-19-24(31(39-41)21-14-15-21)26-11-7-12-27(37-26)34(43)40-17-16-22-18-29(46-32(22)23-9-4-5-13-28(23)40)33(42)38-30-20(2)8-6-10-25(30)36/h4-13,18-19,21H,3,14-17H2,1-2H3,(H,38,42). The van der Waals surface area contributed by atoms with Gasteiger partial charge >= 0.3 is 6.09 Å². The summed E-state index contributed by atoms with van der Waals surface area (Å²) in [5, 5.41) is 7.23. The van der Waals surface area contributed by atoms with Gasteiger partial charge in [-0.1, -0.05) is 36.4 Å². The van der Waals surface area contributed by atoms with Crippen molar-refractivity contribution in [3.8, 4) is 21.7 Å². The van der Waals surface area contributed by atoms with E-state index >= 15 is 0 Å². The molecule has 9 nitrogen and oxygen atoms in total. The number of thiophene rings is 1. The summed E-state index contributed by atoms with van der Waals surface area (Å²) in [6.07, 6.45) is 3.54. The summed E-state index contributed by atoms with van der Waals surface area (Å²) in [4.78, 5) is 47.6. The van der Waals surface area contributed by atoms with E-state index in [1.165, 1.54) is 22.1 Å². The van der Waals surface area contributed by atoms with Gasteiger partial charge in [0.05, 0.1) is 34.2 Å². The average molecular weight is 636 g/mol. The lowest BCUT2D eigenvalue weighted by Gasteiger charge is -2.23. The second kappa shape index (κ2) is 12.0. The first-order valence-electron chi connectivity index (χ1n) is 15.2. The first-order chi connectivity index (χ1) is 22.3. The zero-order valence-corrected chi connectivity index (χ0v) is 26.1. The Morgan fingerprint density at radius 1 is 1.04 bits per heavy atom. The van der Waals surface area contributed by atoms with E-state index in [2.05, 4.69) is 10.4 Å². The molecule has 7 rings (SSSR count). The van der Waals surface area contributed by atoms with Crippen molar-refractivity contribution in [1.29, 1.82) is 0 Å². The van der Waals surface area contributed by atoms with Gasteiger partial charge in [0.25, 0.3) is 11.8 Å². The monoisotopic (exact) mass is 635 g/mol. The molecule has 1 saturated carbocycles. The molecule has 2 aliphatic rings. The quantitative estimate of drug-likeness (QED) is 0.208. The molecule has 5 aromatic rings. The lowest BCUT2D eigenvalue weighted by Crippen LogP contribution is -2.33.